The van der Waals surface area contributed by atoms with Crippen LogP contribution in [0.4, 0.5) is 0 Å². The van der Waals surface area contributed by atoms with Crippen molar-refractivity contribution in [3.05, 3.63) is 94.5 Å². The van der Waals surface area contributed by atoms with Crippen molar-refractivity contribution in [1.82, 2.24) is 5.01 Å². The van der Waals surface area contributed by atoms with Crippen LogP contribution in [0.15, 0.2) is 77.9 Å². The van der Waals surface area contributed by atoms with E-state index < -0.39 is 0 Å². The Kier molecular flexibility index (Phi) is 4.21. The van der Waals surface area contributed by atoms with E-state index in [1.54, 1.807) is 7.11 Å². The molecule has 140 valence electrons. The van der Waals surface area contributed by atoms with Gasteiger partial charge in [0.15, 0.2) is 0 Å². The van der Waals surface area contributed by atoms with E-state index in [0.717, 1.165) is 40.3 Å². The van der Waals surface area contributed by atoms with Gasteiger partial charge in [-0.15, -0.1) is 0 Å². The third kappa shape index (κ3) is 2.90. The highest BCUT2D eigenvalue weighted by Crippen LogP contribution is 2.48. The van der Waals surface area contributed by atoms with Crippen molar-refractivity contribution in [2.75, 3.05) is 7.11 Å². The maximum atomic E-state index is 6.38. The van der Waals surface area contributed by atoms with Gasteiger partial charge in [0.25, 0.3) is 0 Å². The van der Waals surface area contributed by atoms with Crippen LogP contribution >= 0.6 is 11.6 Å². The molecule has 3 aromatic rings. The van der Waals surface area contributed by atoms with E-state index >= 15 is 0 Å². The summed E-state index contributed by atoms with van der Waals surface area (Å²) >= 11 is 6.08. The normalized spacial score (nSPS) is 20.1. The summed E-state index contributed by atoms with van der Waals surface area (Å²) in [5, 5.41) is 7.73. The topological polar surface area (TPSA) is 34.1 Å². The van der Waals surface area contributed by atoms with Gasteiger partial charge >= 0.3 is 0 Å². The second kappa shape index (κ2) is 6.88. The highest BCUT2D eigenvalue weighted by Gasteiger charge is 2.41. The van der Waals surface area contributed by atoms with Gasteiger partial charge in [-0.1, -0.05) is 54.1 Å². The lowest BCUT2D eigenvalue weighted by Crippen LogP contribution is -2.33. The van der Waals surface area contributed by atoms with Gasteiger partial charge in [0, 0.05) is 22.6 Å². The molecule has 0 unspecified atom stereocenters. The van der Waals surface area contributed by atoms with Crippen molar-refractivity contribution in [3.8, 4) is 11.5 Å². The Hall–Kier alpha value is -2.98. The molecule has 5 rings (SSSR count). The maximum Gasteiger partial charge on any atom is 0.213 e. The van der Waals surface area contributed by atoms with Gasteiger partial charge in [-0.2, -0.15) is 5.10 Å². The lowest BCUT2D eigenvalue weighted by atomic mass is 9.95. The van der Waals surface area contributed by atoms with Gasteiger partial charge in [0.05, 0.1) is 18.9 Å². The number of nitrogens with zero attached hydrogens (tertiary/aromatic N) is 2. The minimum Gasteiger partial charge on any atom is -0.497 e. The molecule has 2 heterocycles. The highest BCUT2D eigenvalue weighted by molar-refractivity contribution is 6.30. The first-order valence-electron chi connectivity index (χ1n) is 9.24. The van der Waals surface area contributed by atoms with Crippen LogP contribution in [0.25, 0.3) is 0 Å². The van der Waals surface area contributed by atoms with Crippen LogP contribution in [0.3, 0.4) is 0 Å². The van der Waals surface area contributed by atoms with Gasteiger partial charge in [0.1, 0.15) is 11.5 Å². The van der Waals surface area contributed by atoms with Crippen molar-refractivity contribution >= 4 is 17.3 Å². The third-order valence-electron chi connectivity index (χ3n) is 5.26. The van der Waals surface area contributed by atoms with Crippen LogP contribution in [0.1, 0.15) is 35.4 Å². The Bertz CT molecular complexity index is 1030. The molecule has 0 aliphatic carbocycles. The molecule has 3 aromatic carbocycles. The predicted octanol–water partition coefficient (Wildman–Crippen LogP) is 5.59. The molecule has 0 aromatic heterocycles. The number of hydrogen-bond acceptors (Lipinski definition) is 4. The first-order valence-corrected chi connectivity index (χ1v) is 9.62. The van der Waals surface area contributed by atoms with Crippen LogP contribution < -0.4 is 9.47 Å². The van der Waals surface area contributed by atoms with Gasteiger partial charge in [-0.05, 0) is 35.9 Å². The van der Waals surface area contributed by atoms with Crippen LogP contribution in [0, 0.1) is 0 Å². The van der Waals surface area contributed by atoms with Gasteiger partial charge < -0.3 is 9.47 Å². The molecule has 2 atom stereocenters. The quantitative estimate of drug-likeness (QED) is 0.584. The third-order valence-corrected chi connectivity index (χ3v) is 5.51. The minimum atomic E-state index is -0.302. The van der Waals surface area contributed by atoms with E-state index in [9.17, 15) is 0 Å². The largest absolute Gasteiger partial charge is 0.497 e. The van der Waals surface area contributed by atoms with Crippen LogP contribution in [-0.4, -0.2) is 17.8 Å². The average Bonchev–Trinajstić information content (AvgIpc) is 3.20. The monoisotopic (exact) mass is 390 g/mol. The summed E-state index contributed by atoms with van der Waals surface area (Å²) in [5.74, 6) is 1.69. The molecule has 2 aliphatic rings. The van der Waals surface area contributed by atoms with Crippen molar-refractivity contribution in [1.29, 1.82) is 0 Å². The molecular weight excluding hydrogens is 372 g/mol. The summed E-state index contributed by atoms with van der Waals surface area (Å²) < 4.78 is 11.8. The SMILES string of the molecule is COc1ccc2c(c1)[C@H]1CC(c3ccccc3)=NN1[C@@H](c1ccc(Cl)cc1)O2. The summed E-state index contributed by atoms with van der Waals surface area (Å²) in [6.07, 6.45) is 0.516. The molecule has 0 saturated carbocycles. The molecule has 5 heteroatoms. The summed E-state index contributed by atoms with van der Waals surface area (Å²) in [6, 6.07) is 24.1. The first kappa shape index (κ1) is 17.1. The first-order chi connectivity index (χ1) is 13.7. The Morgan fingerprint density at radius 2 is 1.82 bits per heavy atom. The highest BCUT2D eigenvalue weighted by atomic mass is 35.5. The van der Waals surface area contributed by atoms with Crippen LogP contribution in [-0.2, 0) is 0 Å². The molecular formula is C23H19ClN2O2. The number of rotatable bonds is 3. The van der Waals surface area contributed by atoms with Crippen molar-refractivity contribution in [2.45, 2.75) is 18.7 Å². The fraction of sp³-hybridized carbons (Fsp3) is 0.174. The van der Waals surface area contributed by atoms with Crippen molar-refractivity contribution in [3.63, 3.8) is 0 Å². The van der Waals surface area contributed by atoms with Gasteiger partial charge in [-0.25, -0.2) is 5.01 Å². The summed E-state index contributed by atoms with van der Waals surface area (Å²) in [7, 11) is 1.68. The molecule has 28 heavy (non-hydrogen) atoms. The van der Waals surface area contributed by atoms with Crippen molar-refractivity contribution < 1.29 is 9.47 Å². The minimum absolute atomic E-state index is 0.0923. The molecule has 0 radical (unpaired) electrons. The molecule has 0 amide bonds. The predicted molar refractivity (Wildman–Crippen MR) is 110 cm³/mol. The Balaban J connectivity index is 1.60. The molecule has 2 aliphatic heterocycles. The lowest BCUT2D eigenvalue weighted by Gasteiger charge is -2.38. The van der Waals surface area contributed by atoms with E-state index in [1.165, 1.54) is 0 Å². The summed E-state index contributed by atoms with van der Waals surface area (Å²) in [6.45, 7) is 0. The van der Waals surface area contributed by atoms with Crippen LogP contribution in [0.5, 0.6) is 11.5 Å². The standard InChI is InChI=1S/C23H19ClN2O2/c1-27-18-11-12-22-19(13-18)21-14-20(15-5-3-2-4-6-15)25-26(21)23(28-22)16-7-9-17(24)10-8-16/h2-13,21,23H,14H2,1H3/t21-,23-/m1/s1. The maximum absolute atomic E-state index is 6.38. The Morgan fingerprint density at radius 3 is 2.57 bits per heavy atom. The smallest absolute Gasteiger partial charge is 0.213 e. The van der Waals surface area contributed by atoms with Gasteiger partial charge in [0.2, 0.25) is 6.23 Å². The number of hydrogen-bond donors (Lipinski definition) is 0. The van der Waals surface area contributed by atoms with E-state index in [2.05, 4.69) is 23.2 Å². The number of methoxy groups -OCH3 is 1. The number of benzene rings is 3. The Labute approximate surface area is 169 Å². The molecule has 0 saturated heterocycles. The number of fused-ring (bicyclic) bond motifs is 3. The van der Waals surface area contributed by atoms with Crippen LogP contribution in [0.2, 0.25) is 5.02 Å². The zero-order chi connectivity index (χ0) is 19.1. The molecule has 0 N–H and O–H groups in total. The Morgan fingerprint density at radius 1 is 1.04 bits per heavy atom. The summed E-state index contributed by atoms with van der Waals surface area (Å²) in [5.41, 5.74) is 4.31. The molecule has 0 spiro atoms. The summed E-state index contributed by atoms with van der Waals surface area (Å²) in [4.78, 5) is 0. The average molecular weight is 391 g/mol. The van der Waals surface area contributed by atoms with E-state index in [-0.39, 0.29) is 12.3 Å². The lowest BCUT2D eigenvalue weighted by molar-refractivity contribution is -0.0191. The van der Waals surface area contributed by atoms with E-state index in [0.29, 0.717) is 5.02 Å². The van der Waals surface area contributed by atoms with E-state index in [4.69, 9.17) is 26.2 Å². The van der Waals surface area contributed by atoms with E-state index in [1.807, 2.05) is 54.6 Å². The second-order valence-corrected chi connectivity index (χ2v) is 7.37. The zero-order valence-corrected chi connectivity index (χ0v) is 16.1. The molecule has 4 nitrogen and oxygen atoms in total. The van der Waals surface area contributed by atoms with Crippen molar-refractivity contribution in [2.24, 2.45) is 5.10 Å². The number of halogens is 1. The molecule has 0 fully saturated rings. The fourth-order valence-corrected chi connectivity index (χ4v) is 3.97. The number of ether oxygens (including phenoxy) is 2. The van der Waals surface area contributed by atoms with Gasteiger partial charge in [-0.3, -0.25) is 0 Å². The molecule has 0 bridgehead atoms. The number of hydrazone groups is 1. The fourth-order valence-electron chi connectivity index (χ4n) is 3.84. The zero-order valence-electron chi connectivity index (χ0n) is 15.4. The second-order valence-electron chi connectivity index (χ2n) is 6.94.